The SMILES string of the molecule is C[C@H](C(=O)Nc1ccc(F)cc1Cl)[NH+]1CCCCCC1. The van der Waals surface area contributed by atoms with Crippen LogP contribution in [0.25, 0.3) is 0 Å². The molecule has 1 atom stereocenters. The Hall–Kier alpha value is -1.13. The van der Waals surface area contributed by atoms with E-state index in [0.717, 1.165) is 13.1 Å². The van der Waals surface area contributed by atoms with Gasteiger partial charge in [0.2, 0.25) is 0 Å². The average molecular weight is 300 g/mol. The Morgan fingerprint density at radius 3 is 2.55 bits per heavy atom. The molecule has 0 aliphatic carbocycles. The van der Waals surface area contributed by atoms with Crippen molar-refractivity contribution in [2.24, 2.45) is 0 Å². The molecule has 1 aliphatic heterocycles. The molecule has 0 saturated carbocycles. The van der Waals surface area contributed by atoms with Crippen LogP contribution >= 0.6 is 11.6 Å². The van der Waals surface area contributed by atoms with Gasteiger partial charge in [0.05, 0.1) is 23.8 Å². The number of carbonyl (C=O) groups excluding carboxylic acids is 1. The van der Waals surface area contributed by atoms with Crippen LogP contribution in [0, 0.1) is 5.82 Å². The predicted octanol–water partition coefficient (Wildman–Crippen LogP) is 2.27. The zero-order valence-electron chi connectivity index (χ0n) is 11.7. The standard InChI is InChI=1S/C15H20ClFN2O/c1-11(19-8-4-2-3-5-9-19)15(20)18-14-7-6-12(17)10-13(14)16/h6-7,10-11H,2-5,8-9H2,1H3,(H,18,20)/p+1/t11-/m1/s1. The Bertz CT molecular complexity index is 473. The van der Waals surface area contributed by atoms with Crippen molar-refractivity contribution in [1.29, 1.82) is 0 Å². The molecule has 0 spiro atoms. The number of amides is 1. The van der Waals surface area contributed by atoms with Crippen molar-refractivity contribution in [2.75, 3.05) is 18.4 Å². The maximum absolute atomic E-state index is 13.0. The van der Waals surface area contributed by atoms with Crippen molar-refractivity contribution in [2.45, 2.75) is 38.6 Å². The van der Waals surface area contributed by atoms with Gasteiger partial charge in [-0.25, -0.2) is 4.39 Å². The Labute approximate surface area is 124 Å². The lowest BCUT2D eigenvalue weighted by Crippen LogP contribution is -3.16. The molecule has 2 N–H and O–H groups in total. The second-order valence-electron chi connectivity index (χ2n) is 5.41. The van der Waals surface area contributed by atoms with Crippen LogP contribution < -0.4 is 10.2 Å². The Morgan fingerprint density at radius 2 is 1.95 bits per heavy atom. The Balaban J connectivity index is 1.99. The highest BCUT2D eigenvalue weighted by Gasteiger charge is 2.26. The number of nitrogens with one attached hydrogen (secondary N) is 2. The monoisotopic (exact) mass is 299 g/mol. The van der Waals surface area contributed by atoms with Crippen molar-refractivity contribution < 1.29 is 14.1 Å². The third kappa shape index (κ3) is 3.93. The van der Waals surface area contributed by atoms with E-state index >= 15 is 0 Å². The number of likely N-dealkylation sites (tertiary alicyclic amines) is 1. The first-order valence-electron chi connectivity index (χ1n) is 7.18. The smallest absolute Gasteiger partial charge is 0.282 e. The highest BCUT2D eigenvalue weighted by atomic mass is 35.5. The fraction of sp³-hybridized carbons (Fsp3) is 0.533. The zero-order chi connectivity index (χ0) is 14.5. The van der Waals surface area contributed by atoms with Gasteiger partial charge in [0.15, 0.2) is 6.04 Å². The summed E-state index contributed by atoms with van der Waals surface area (Å²) < 4.78 is 13.0. The van der Waals surface area contributed by atoms with Crippen LogP contribution in [-0.2, 0) is 4.79 Å². The van der Waals surface area contributed by atoms with E-state index < -0.39 is 5.82 Å². The number of carbonyl (C=O) groups is 1. The Kier molecular flexibility index (Phi) is 5.38. The maximum Gasteiger partial charge on any atom is 0.282 e. The predicted molar refractivity (Wildman–Crippen MR) is 78.7 cm³/mol. The first kappa shape index (κ1) is 15.3. The summed E-state index contributed by atoms with van der Waals surface area (Å²) in [6.45, 7) is 4.00. The average Bonchev–Trinajstić information content (AvgIpc) is 2.70. The summed E-state index contributed by atoms with van der Waals surface area (Å²) in [4.78, 5) is 13.6. The highest BCUT2D eigenvalue weighted by Crippen LogP contribution is 2.22. The lowest BCUT2D eigenvalue weighted by atomic mass is 10.2. The number of rotatable bonds is 3. The molecule has 5 heteroatoms. The third-order valence-corrected chi connectivity index (χ3v) is 4.25. The summed E-state index contributed by atoms with van der Waals surface area (Å²) in [6.07, 6.45) is 4.85. The van der Waals surface area contributed by atoms with E-state index in [2.05, 4.69) is 5.32 Å². The minimum Gasteiger partial charge on any atom is -0.325 e. The molecule has 1 aromatic carbocycles. The molecule has 0 unspecified atom stereocenters. The fourth-order valence-corrected chi connectivity index (χ4v) is 2.85. The largest absolute Gasteiger partial charge is 0.325 e. The van der Waals surface area contributed by atoms with Crippen LogP contribution in [0.5, 0.6) is 0 Å². The number of anilines is 1. The third-order valence-electron chi connectivity index (χ3n) is 3.94. The normalized spacial score (nSPS) is 18.4. The quantitative estimate of drug-likeness (QED) is 0.882. The summed E-state index contributed by atoms with van der Waals surface area (Å²) >= 11 is 5.93. The van der Waals surface area contributed by atoms with Crippen molar-refractivity contribution in [3.63, 3.8) is 0 Å². The van der Waals surface area contributed by atoms with Gasteiger partial charge in [-0.2, -0.15) is 0 Å². The van der Waals surface area contributed by atoms with E-state index in [1.807, 2.05) is 6.92 Å². The van der Waals surface area contributed by atoms with E-state index in [1.54, 1.807) is 0 Å². The number of quaternary nitrogens is 1. The number of halogens is 2. The minimum atomic E-state index is -0.404. The molecule has 1 amide bonds. The highest BCUT2D eigenvalue weighted by molar-refractivity contribution is 6.33. The first-order chi connectivity index (χ1) is 9.58. The second kappa shape index (κ2) is 7.04. The molecule has 20 heavy (non-hydrogen) atoms. The molecular formula is C15H21ClFN2O+. The molecular weight excluding hydrogens is 279 g/mol. The molecule has 1 aliphatic rings. The van der Waals surface area contributed by atoms with Crippen molar-refractivity contribution in [3.05, 3.63) is 29.0 Å². The number of hydrogen-bond acceptors (Lipinski definition) is 1. The molecule has 0 aromatic heterocycles. The first-order valence-corrected chi connectivity index (χ1v) is 7.56. The van der Waals surface area contributed by atoms with Crippen LogP contribution in [0.2, 0.25) is 5.02 Å². The summed E-state index contributed by atoms with van der Waals surface area (Å²) in [6, 6.07) is 3.89. The van der Waals surface area contributed by atoms with Crippen molar-refractivity contribution >= 4 is 23.2 Å². The molecule has 1 heterocycles. The molecule has 2 rings (SSSR count). The van der Waals surface area contributed by atoms with Gasteiger partial charge in [0.1, 0.15) is 5.82 Å². The summed E-state index contributed by atoms with van der Waals surface area (Å²) in [5, 5.41) is 3.03. The van der Waals surface area contributed by atoms with Crippen LogP contribution in [-0.4, -0.2) is 25.0 Å². The maximum atomic E-state index is 13.0. The van der Waals surface area contributed by atoms with Crippen LogP contribution in [0.3, 0.4) is 0 Å². The summed E-state index contributed by atoms with van der Waals surface area (Å²) in [7, 11) is 0. The van der Waals surface area contributed by atoms with Gasteiger partial charge in [0.25, 0.3) is 5.91 Å². The number of hydrogen-bond donors (Lipinski definition) is 2. The lowest BCUT2D eigenvalue weighted by molar-refractivity contribution is -0.913. The van der Waals surface area contributed by atoms with E-state index in [0.29, 0.717) is 5.69 Å². The Morgan fingerprint density at radius 1 is 1.30 bits per heavy atom. The van der Waals surface area contributed by atoms with E-state index in [4.69, 9.17) is 11.6 Å². The fourth-order valence-electron chi connectivity index (χ4n) is 2.63. The molecule has 0 bridgehead atoms. The van der Waals surface area contributed by atoms with Crippen molar-refractivity contribution in [1.82, 2.24) is 0 Å². The van der Waals surface area contributed by atoms with Gasteiger partial charge in [-0.15, -0.1) is 0 Å². The van der Waals surface area contributed by atoms with Crippen LogP contribution in [0.1, 0.15) is 32.6 Å². The van der Waals surface area contributed by atoms with Gasteiger partial charge in [0, 0.05) is 0 Å². The minimum absolute atomic E-state index is 0.0598. The zero-order valence-corrected chi connectivity index (χ0v) is 12.5. The van der Waals surface area contributed by atoms with Gasteiger partial charge < -0.3 is 10.2 Å². The van der Waals surface area contributed by atoms with E-state index in [-0.39, 0.29) is 17.0 Å². The lowest BCUT2D eigenvalue weighted by Gasteiger charge is -2.23. The molecule has 110 valence electrons. The van der Waals surface area contributed by atoms with Crippen molar-refractivity contribution in [3.8, 4) is 0 Å². The molecule has 1 aromatic rings. The van der Waals surface area contributed by atoms with Gasteiger partial charge in [-0.05, 0) is 50.8 Å². The van der Waals surface area contributed by atoms with E-state index in [9.17, 15) is 9.18 Å². The topological polar surface area (TPSA) is 33.5 Å². The molecule has 1 fully saturated rings. The second-order valence-corrected chi connectivity index (χ2v) is 5.81. The number of benzene rings is 1. The summed E-state index contributed by atoms with van der Waals surface area (Å²) in [5.74, 6) is -0.463. The van der Waals surface area contributed by atoms with Crippen LogP contribution in [0.4, 0.5) is 10.1 Å². The summed E-state index contributed by atoms with van der Waals surface area (Å²) in [5.41, 5.74) is 0.471. The molecule has 0 radical (unpaired) electrons. The van der Waals surface area contributed by atoms with Crippen LogP contribution in [0.15, 0.2) is 18.2 Å². The van der Waals surface area contributed by atoms with Gasteiger partial charge in [-0.3, -0.25) is 4.79 Å². The van der Waals surface area contributed by atoms with Gasteiger partial charge >= 0.3 is 0 Å². The van der Waals surface area contributed by atoms with Gasteiger partial charge in [-0.1, -0.05) is 11.6 Å². The van der Waals surface area contributed by atoms with E-state index in [1.165, 1.54) is 48.8 Å². The molecule has 3 nitrogen and oxygen atoms in total. The molecule has 1 saturated heterocycles.